The fraction of sp³-hybridized carbons (Fsp3) is 1.00. The Balaban J connectivity index is 3.04. The number of hydrogen-bond acceptors (Lipinski definition) is 4. The van der Waals surface area contributed by atoms with Crippen molar-refractivity contribution in [2.75, 3.05) is 13.1 Å². The van der Waals surface area contributed by atoms with Crippen LogP contribution < -0.4 is 5.32 Å². The summed E-state index contributed by atoms with van der Waals surface area (Å²) in [6, 6.07) is 0. The Labute approximate surface area is 60.5 Å². The molecule has 0 unspecified atom stereocenters. The average molecular weight is 149 g/mol. The van der Waals surface area contributed by atoms with E-state index in [-0.39, 0.29) is 6.42 Å². The highest BCUT2D eigenvalue weighted by Gasteiger charge is 2.15. The Bertz CT molecular complexity index is 79.6. The van der Waals surface area contributed by atoms with Gasteiger partial charge in [-0.2, -0.15) is 0 Å². The van der Waals surface area contributed by atoms with Gasteiger partial charge in [0.15, 0.2) is 0 Å². The SMILES string of the molecule is CCCNCCC(O)(O)O. The monoisotopic (exact) mass is 149 g/mol. The fourth-order valence-electron chi connectivity index (χ4n) is 0.558. The van der Waals surface area contributed by atoms with Gasteiger partial charge in [0.05, 0.1) is 0 Å². The number of aliphatic hydroxyl groups is 3. The van der Waals surface area contributed by atoms with E-state index in [0.29, 0.717) is 6.54 Å². The van der Waals surface area contributed by atoms with Crippen LogP contribution in [0.2, 0.25) is 0 Å². The summed E-state index contributed by atoms with van der Waals surface area (Å²) < 4.78 is 0. The van der Waals surface area contributed by atoms with Gasteiger partial charge in [-0.25, -0.2) is 0 Å². The van der Waals surface area contributed by atoms with E-state index < -0.39 is 5.97 Å². The van der Waals surface area contributed by atoms with E-state index in [1.807, 2.05) is 6.92 Å². The zero-order chi connectivity index (χ0) is 8.04. The second-order valence-corrected chi connectivity index (χ2v) is 2.27. The molecule has 4 nitrogen and oxygen atoms in total. The van der Waals surface area contributed by atoms with Gasteiger partial charge < -0.3 is 20.6 Å². The highest BCUT2D eigenvalue weighted by atomic mass is 16.7. The van der Waals surface area contributed by atoms with E-state index in [1.165, 1.54) is 0 Å². The number of rotatable bonds is 5. The highest BCUT2D eigenvalue weighted by Crippen LogP contribution is 1.96. The molecule has 62 valence electrons. The lowest BCUT2D eigenvalue weighted by atomic mass is 10.3. The van der Waals surface area contributed by atoms with Crippen molar-refractivity contribution in [1.29, 1.82) is 0 Å². The molecule has 0 radical (unpaired) electrons. The Morgan fingerprint density at radius 3 is 2.20 bits per heavy atom. The lowest BCUT2D eigenvalue weighted by Crippen LogP contribution is -2.32. The van der Waals surface area contributed by atoms with Crippen molar-refractivity contribution >= 4 is 0 Å². The molecule has 0 aliphatic carbocycles. The molecule has 0 aliphatic heterocycles. The molecule has 0 bridgehead atoms. The molecular weight excluding hydrogens is 134 g/mol. The van der Waals surface area contributed by atoms with Gasteiger partial charge in [-0.05, 0) is 13.0 Å². The van der Waals surface area contributed by atoms with Gasteiger partial charge in [0.25, 0.3) is 5.97 Å². The molecule has 0 atom stereocenters. The summed E-state index contributed by atoms with van der Waals surface area (Å²) in [5.41, 5.74) is 0. The third-order valence-corrected chi connectivity index (χ3v) is 1.06. The first-order valence-corrected chi connectivity index (χ1v) is 3.44. The molecule has 0 aromatic rings. The van der Waals surface area contributed by atoms with Crippen molar-refractivity contribution in [1.82, 2.24) is 5.32 Å². The fourth-order valence-corrected chi connectivity index (χ4v) is 0.558. The van der Waals surface area contributed by atoms with Crippen molar-refractivity contribution < 1.29 is 15.3 Å². The molecule has 0 saturated heterocycles. The quantitative estimate of drug-likeness (QED) is 0.299. The van der Waals surface area contributed by atoms with Gasteiger partial charge in [-0.3, -0.25) is 0 Å². The van der Waals surface area contributed by atoms with Crippen LogP contribution in [-0.2, 0) is 0 Å². The maximum Gasteiger partial charge on any atom is 0.276 e. The minimum atomic E-state index is -2.51. The third-order valence-electron chi connectivity index (χ3n) is 1.06. The highest BCUT2D eigenvalue weighted by molar-refractivity contribution is 4.51. The summed E-state index contributed by atoms with van der Waals surface area (Å²) in [5.74, 6) is -2.51. The molecule has 10 heavy (non-hydrogen) atoms. The molecule has 0 aliphatic rings. The van der Waals surface area contributed by atoms with Crippen LogP contribution in [0.1, 0.15) is 19.8 Å². The van der Waals surface area contributed by atoms with Crippen LogP contribution >= 0.6 is 0 Å². The van der Waals surface area contributed by atoms with Gasteiger partial charge in [-0.15, -0.1) is 0 Å². The van der Waals surface area contributed by atoms with Crippen LogP contribution in [0.15, 0.2) is 0 Å². The molecule has 0 aromatic heterocycles. The summed E-state index contributed by atoms with van der Waals surface area (Å²) in [6.07, 6.45) is 0.933. The van der Waals surface area contributed by atoms with Crippen molar-refractivity contribution in [3.05, 3.63) is 0 Å². The van der Waals surface area contributed by atoms with E-state index in [0.717, 1.165) is 13.0 Å². The van der Waals surface area contributed by atoms with Crippen LogP contribution in [0.3, 0.4) is 0 Å². The zero-order valence-electron chi connectivity index (χ0n) is 6.17. The average Bonchev–Trinajstić information content (AvgIpc) is 1.78. The van der Waals surface area contributed by atoms with E-state index in [4.69, 9.17) is 15.3 Å². The first-order chi connectivity index (χ1) is 4.56. The smallest absolute Gasteiger partial charge is 0.276 e. The van der Waals surface area contributed by atoms with Crippen LogP contribution in [0.4, 0.5) is 0 Å². The Morgan fingerprint density at radius 1 is 1.20 bits per heavy atom. The molecular formula is C6H15NO3. The van der Waals surface area contributed by atoms with Crippen LogP contribution in [-0.4, -0.2) is 34.4 Å². The Morgan fingerprint density at radius 2 is 1.80 bits per heavy atom. The summed E-state index contributed by atoms with van der Waals surface area (Å²) in [6.45, 7) is 3.25. The second-order valence-electron chi connectivity index (χ2n) is 2.27. The Hall–Kier alpha value is -0.160. The largest absolute Gasteiger partial charge is 0.344 e. The summed E-state index contributed by atoms with van der Waals surface area (Å²) in [7, 11) is 0. The molecule has 0 saturated carbocycles. The maximum atomic E-state index is 8.39. The Kier molecular flexibility index (Phi) is 4.55. The maximum absolute atomic E-state index is 8.39. The van der Waals surface area contributed by atoms with Crippen molar-refractivity contribution in [3.8, 4) is 0 Å². The van der Waals surface area contributed by atoms with E-state index in [2.05, 4.69) is 5.32 Å². The predicted molar refractivity (Wildman–Crippen MR) is 37.2 cm³/mol. The molecule has 0 amide bonds. The summed E-state index contributed by atoms with van der Waals surface area (Å²) in [4.78, 5) is 0. The summed E-state index contributed by atoms with van der Waals surface area (Å²) in [5, 5.41) is 28.1. The van der Waals surface area contributed by atoms with Gasteiger partial charge in [-0.1, -0.05) is 6.92 Å². The first kappa shape index (κ1) is 9.84. The van der Waals surface area contributed by atoms with E-state index >= 15 is 0 Å². The molecule has 0 spiro atoms. The van der Waals surface area contributed by atoms with Gasteiger partial charge in [0, 0.05) is 13.0 Å². The van der Waals surface area contributed by atoms with Gasteiger partial charge in [0.1, 0.15) is 0 Å². The standard InChI is InChI=1S/C6H15NO3/c1-2-4-7-5-3-6(8,9)10/h7-10H,2-5H2,1H3. The number of hydrogen-bond donors (Lipinski definition) is 4. The second kappa shape index (κ2) is 4.62. The third kappa shape index (κ3) is 7.84. The van der Waals surface area contributed by atoms with Crippen molar-refractivity contribution in [2.24, 2.45) is 0 Å². The van der Waals surface area contributed by atoms with Gasteiger partial charge >= 0.3 is 0 Å². The van der Waals surface area contributed by atoms with Crippen molar-refractivity contribution in [2.45, 2.75) is 25.7 Å². The van der Waals surface area contributed by atoms with E-state index in [9.17, 15) is 0 Å². The topological polar surface area (TPSA) is 72.7 Å². The molecule has 4 heteroatoms. The van der Waals surface area contributed by atoms with Crippen LogP contribution in [0.5, 0.6) is 0 Å². The van der Waals surface area contributed by atoms with Gasteiger partial charge in [0.2, 0.25) is 0 Å². The number of nitrogens with one attached hydrogen (secondary N) is 1. The molecule has 0 fully saturated rings. The zero-order valence-corrected chi connectivity index (χ0v) is 6.17. The van der Waals surface area contributed by atoms with Crippen LogP contribution in [0, 0.1) is 0 Å². The molecule has 0 aromatic carbocycles. The van der Waals surface area contributed by atoms with Crippen LogP contribution in [0.25, 0.3) is 0 Å². The minimum absolute atomic E-state index is 0.0625. The van der Waals surface area contributed by atoms with Crippen molar-refractivity contribution in [3.63, 3.8) is 0 Å². The lowest BCUT2D eigenvalue weighted by Gasteiger charge is -2.13. The molecule has 0 rings (SSSR count). The molecule has 0 heterocycles. The predicted octanol–water partition coefficient (Wildman–Crippen LogP) is -0.993. The minimum Gasteiger partial charge on any atom is -0.344 e. The van der Waals surface area contributed by atoms with E-state index in [1.54, 1.807) is 0 Å². The lowest BCUT2D eigenvalue weighted by molar-refractivity contribution is -0.313. The summed E-state index contributed by atoms with van der Waals surface area (Å²) >= 11 is 0. The first-order valence-electron chi connectivity index (χ1n) is 3.44. The molecule has 4 N–H and O–H groups in total. The normalized spacial score (nSPS) is 12.0.